The number of aromatic nitrogens is 2. The van der Waals surface area contributed by atoms with Crippen molar-refractivity contribution in [3.05, 3.63) is 58.4 Å². The molecule has 1 atom stereocenters. The SMILES string of the molecule is COc1cc(C(=O)N[C@@H](C)c2nc3cc(Cl)ccc3[nH]2)ccc1CN1CCCC1=O. The van der Waals surface area contributed by atoms with E-state index in [-0.39, 0.29) is 17.9 Å². The second kappa shape index (κ2) is 8.36. The van der Waals surface area contributed by atoms with Gasteiger partial charge < -0.3 is 19.9 Å². The first-order chi connectivity index (χ1) is 14.4. The number of aromatic amines is 1. The molecule has 0 spiro atoms. The maximum absolute atomic E-state index is 12.8. The number of halogens is 1. The van der Waals surface area contributed by atoms with Gasteiger partial charge in [0.05, 0.1) is 24.2 Å². The van der Waals surface area contributed by atoms with Crippen LogP contribution in [0.1, 0.15) is 47.6 Å². The number of likely N-dealkylation sites (tertiary alicyclic amines) is 1. The fourth-order valence-corrected chi connectivity index (χ4v) is 3.81. The summed E-state index contributed by atoms with van der Waals surface area (Å²) in [4.78, 5) is 34.2. The molecule has 0 unspecified atom stereocenters. The van der Waals surface area contributed by atoms with Crippen LogP contribution in [0.2, 0.25) is 5.02 Å². The van der Waals surface area contributed by atoms with Crippen LogP contribution in [-0.2, 0) is 11.3 Å². The van der Waals surface area contributed by atoms with Crippen molar-refractivity contribution in [2.45, 2.75) is 32.4 Å². The second-order valence-corrected chi connectivity index (χ2v) is 7.86. The lowest BCUT2D eigenvalue weighted by atomic mass is 10.1. The molecule has 2 heterocycles. The molecule has 7 nitrogen and oxygen atoms in total. The van der Waals surface area contributed by atoms with Crippen LogP contribution >= 0.6 is 11.6 Å². The lowest BCUT2D eigenvalue weighted by Gasteiger charge is -2.18. The molecular formula is C22H23ClN4O3. The summed E-state index contributed by atoms with van der Waals surface area (Å²) < 4.78 is 5.47. The van der Waals surface area contributed by atoms with E-state index in [1.807, 2.05) is 24.0 Å². The Balaban J connectivity index is 1.48. The third-order valence-corrected chi connectivity index (χ3v) is 5.54. The molecule has 0 aliphatic carbocycles. The number of rotatable bonds is 6. The second-order valence-electron chi connectivity index (χ2n) is 7.42. The van der Waals surface area contributed by atoms with Crippen molar-refractivity contribution in [2.75, 3.05) is 13.7 Å². The largest absolute Gasteiger partial charge is 0.496 e. The van der Waals surface area contributed by atoms with Crippen molar-refractivity contribution in [1.29, 1.82) is 0 Å². The summed E-state index contributed by atoms with van der Waals surface area (Å²) in [5.74, 6) is 1.16. The summed E-state index contributed by atoms with van der Waals surface area (Å²) in [5, 5.41) is 3.56. The van der Waals surface area contributed by atoms with Gasteiger partial charge in [0, 0.05) is 35.7 Å². The maximum atomic E-state index is 12.8. The molecule has 4 rings (SSSR count). The van der Waals surface area contributed by atoms with Gasteiger partial charge in [0.15, 0.2) is 0 Å². The third-order valence-electron chi connectivity index (χ3n) is 5.30. The Morgan fingerprint density at radius 1 is 1.33 bits per heavy atom. The Bertz CT molecular complexity index is 1110. The summed E-state index contributed by atoms with van der Waals surface area (Å²) in [7, 11) is 1.56. The predicted octanol–water partition coefficient (Wildman–Crippen LogP) is 3.84. The van der Waals surface area contributed by atoms with Crippen molar-refractivity contribution in [3.63, 3.8) is 0 Å². The molecular weight excluding hydrogens is 404 g/mol. The monoisotopic (exact) mass is 426 g/mol. The third kappa shape index (κ3) is 4.11. The number of nitrogens with zero attached hydrogens (tertiary/aromatic N) is 2. The van der Waals surface area contributed by atoms with Crippen LogP contribution in [0.15, 0.2) is 36.4 Å². The number of imidazole rings is 1. The number of benzene rings is 2. The summed E-state index contributed by atoms with van der Waals surface area (Å²) in [6, 6.07) is 10.4. The molecule has 2 aromatic carbocycles. The lowest BCUT2D eigenvalue weighted by molar-refractivity contribution is -0.128. The normalized spacial score (nSPS) is 14.9. The van der Waals surface area contributed by atoms with E-state index in [2.05, 4.69) is 15.3 Å². The topological polar surface area (TPSA) is 87.3 Å². The highest BCUT2D eigenvalue weighted by atomic mass is 35.5. The van der Waals surface area contributed by atoms with Crippen LogP contribution in [0.4, 0.5) is 0 Å². The fraction of sp³-hybridized carbons (Fsp3) is 0.318. The lowest BCUT2D eigenvalue weighted by Crippen LogP contribution is -2.27. The van der Waals surface area contributed by atoms with E-state index >= 15 is 0 Å². The van der Waals surface area contributed by atoms with Crippen molar-refractivity contribution in [1.82, 2.24) is 20.2 Å². The molecule has 0 saturated carbocycles. The minimum absolute atomic E-state index is 0.153. The molecule has 1 aromatic heterocycles. The number of fused-ring (bicyclic) bond motifs is 1. The number of amides is 2. The molecule has 3 aromatic rings. The number of carbonyl (C=O) groups is 2. The highest BCUT2D eigenvalue weighted by Crippen LogP contribution is 2.25. The zero-order valence-corrected chi connectivity index (χ0v) is 17.6. The first-order valence-electron chi connectivity index (χ1n) is 9.85. The van der Waals surface area contributed by atoms with Gasteiger partial charge in [-0.15, -0.1) is 0 Å². The van der Waals surface area contributed by atoms with E-state index in [0.717, 1.165) is 29.6 Å². The number of ether oxygens (including phenoxy) is 1. The summed E-state index contributed by atoms with van der Waals surface area (Å²) in [6.07, 6.45) is 1.47. The van der Waals surface area contributed by atoms with Gasteiger partial charge in [-0.3, -0.25) is 9.59 Å². The molecule has 1 aliphatic heterocycles. The minimum Gasteiger partial charge on any atom is -0.496 e. The van der Waals surface area contributed by atoms with Crippen LogP contribution in [0.5, 0.6) is 5.75 Å². The Morgan fingerprint density at radius 3 is 2.90 bits per heavy atom. The highest BCUT2D eigenvalue weighted by Gasteiger charge is 2.22. The molecule has 1 aliphatic rings. The predicted molar refractivity (Wildman–Crippen MR) is 115 cm³/mol. The fourth-order valence-electron chi connectivity index (χ4n) is 3.65. The number of hydrogen-bond donors (Lipinski definition) is 2. The van der Waals surface area contributed by atoms with E-state index in [1.54, 1.807) is 31.4 Å². The molecule has 156 valence electrons. The van der Waals surface area contributed by atoms with Gasteiger partial charge in [-0.2, -0.15) is 0 Å². The Morgan fingerprint density at radius 2 is 2.17 bits per heavy atom. The van der Waals surface area contributed by atoms with Gasteiger partial charge in [-0.25, -0.2) is 4.98 Å². The smallest absolute Gasteiger partial charge is 0.251 e. The summed E-state index contributed by atoms with van der Waals surface area (Å²) >= 11 is 6.02. The van der Waals surface area contributed by atoms with Crippen molar-refractivity contribution >= 4 is 34.4 Å². The van der Waals surface area contributed by atoms with Crippen LogP contribution in [0, 0.1) is 0 Å². The standard InChI is InChI=1S/C22H23ClN4O3/c1-13(21-25-17-8-7-16(23)11-18(17)26-21)24-22(29)14-5-6-15(19(10-14)30-2)12-27-9-3-4-20(27)28/h5-8,10-11,13H,3-4,9,12H2,1-2H3,(H,24,29)(H,25,26)/t13-/m0/s1. The van der Waals surface area contributed by atoms with Gasteiger partial charge in [-0.1, -0.05) is 17.7 Å². The van der Waals surface area contributed by atoms with Gasteiger partial charge in [0.1, 0.15) is 11.6 Å². The zero-order chi connectivity index (χ0) is 21.3. The van der Waals surface area contributed by atoms with Crippen LogP contribution in [0.3, 0.4) is 0 Å². The molecule has 1 fully saturated rings. The maximum Gasteiger partial charge on any atom is 0.251 e. The number of carbonyl (C=O) groups excluding carboxylic acids is 2. The van der Waals surface area contributed by atoms with Gasteiger partial charge in [-0.05, 0) is 43.7 Å². The zero-order valence-electron chi connectivity index (χ0n) is 16.9. The minimum atomic E-state index is -0.323. The Hall–Kier alpha value is -3.06. The molecule has 0 radical (unpaired) electrons. The van der Waals surface area contributed by atoms with E-state index in [1.165, 1.54) is 0 Å². The molecule has 8 heteroatoms. The molecule has 2 N–H and O–H groups in total. The van der Waals surface area contributed by atoms with E-state index in [0.29, 0.717) is 35.1 Å². The highest BCUT2D eigenvalue weighted by molar-refractivity contribution is 6.31. The van der Waals surface area contributed by atoms with Crippen LogP contribution in [0.25, 0.3) is 11.0 Å². The van der Waals surface area contributed by atoms with Gasteiger partial charge in [0.25, 0.3) is 5.91 Å². The quantitative estimate of drug-likeness (QED) is 0.627. The Kier molecular flexibility index (Phi) is 5.63. The van der Waals surface area contributed by atoms with Gasteiger partial charge >= 0.3 is 0 Å². The number of H-pyrrole nitrogens is 1. The number of hydrogen-bond acceptors (Lipinski definition) is 4. The summed E-state index contributed by atoms with van der Waals surface area (Å²) in [6.45, 7) is 3.11. The average Bonchev–Trinajstić information content (AvgIpc) is 3.34. The first-order valence-corrected chi connectivity index (χ1v) is 10.2. The van der Waals surface area contributed by atoms with Crippen LogP contribution < -0.4 is 10.1 Å². The Labute approximate surface area is 179 Å². The van der Waals surface area contributed by atoms with Crippen molar-refractivity contribution in [3.8, 4) is 5.75 Å². The van der Waals surface area contributed by atoms with E-state index in [9.17, 15) is 9.59 Å². The number of methoxy groups -OCH3 is 1. The van der Waals surface area contributed by atoms with Crippen molar-refractivity contribution in [2.24, 2.45) is 0 Å². The average molecular weight is 427 g/mol. The molecule has 0 bridgehead atoms. The molecule has 2 amide bonds. The van der Waals surface area contributed by atoms with Crippen molar-refractivity contribution < 1.29 is 14.3 Å². The van der Waals surface area contributed by atoms with Gasteiger partial charge in [0.2, 0.25) is 5.91 Å². The molecule has 30 heavy (non-hydrogen) atoms. The number of nitrogens with one attached hydrogen (secondary N) is 2. The molecule has 1 saturated heterocycles. The van der Waals surface area contributed by atoms with Crippen LogP contribution in [-0.4, -0.2) is 40.3 Å². The van der Waals surface area contributed by atoms with E-state index < -0.39 is 0 Å². The summed E-state index contributed by atoms with van der Waals surface area (Å²) in [5.41, 5.74) is 2.97. The first kappa shape index (κ1) is 20.2. The van der Waals surface area contributed by atoms with E-state index in [4.69, 9.17) is 16.3 Å².